The fourth-order valence-corrected chi connectivity index (χ4v) is 1.11. The summed E-state index contributed by atoms with van der Waals surface area (Å²) in [6.45, 7) is 1.60. The normalized spacial score (nSPS) is 11.1. The molecule has 0 spiro atoms. The van der Waals surface area contributed by atoms with E-state index in [0.717, 1.165) is 18.2 Å². The first kappa shape index (κ1) is 12.8. The first-order valence-electron chi connectivity index (χ1n) is 4.83. The molecule has 0 aromatic heterocycles. The molecule has 1 rings (SSSR count). The molecule has 0 aliphatic heterocycles. The number of carbonyl (C=O) groups is 1. The molecule has 1 aromatic carbocycles. The third kappa shape index (κ3) is 3.67. The van der Waals surface area contributed by atoms with Gasteiger partial charge in [-0.3, -0.25) is 10.1 Å². The number of halogens is 1. The number of benzene rings is 1. The lowest BCUT2D eigenvalue weighted by atomic mass is 10.2. The molecule has 0 bridgehead atoms. The fourth-order valence-electron chi connectivity index (χ4n) is 1.11. The van der Waals surface area contributed by atoms with Crippen LogP contribution in [-0.2, 0) is 9.53 Å². The molecule has 0 saturated heterocycles. The van der Waals surface area contributed by atoms with Crippen LogP contribution in [0.25, 0.3) is 6.08 Å². The lowest BCUT2D eigenvalue weighted by molar-refractivity contribution is -0.419. The highest BCUT2D eigenvalue weighted by Crippen LogP contribution is 2.10. The van der Waals surface area contributed by atoms with Crippen LogP contribution in [0.3, 0.4) is 0 Å². The van der Waals surface area contributed by atoms with Crippen molar-refractivity contribution in [3.63, 3.8) is 0 Å². The van der Waals surface area contributed by atoms with Gasteiger partial charge < -0.3 is 4.74 Å². The molecule has 0 atom stereocenters. The molecule has 6 heteroatoms. The summed E-state index contributed by atoms with van der Waals surface area (Å²) in [5, 5.41) is 10.6. The number of rotatable bonds is 4. The van der Waals surface area contributed by atoms with E-state index in [1.807, 2.05) is 0 Å². The molecule has 0 N–H and O–H groups in total. The zero-order chi connectivity index (χ0) is 12.8. The maximum absolute atomic E-state index is 12.6. The van der Waals surface area contributed by atoms with Crippen LogP contribution in [0.15, 0.2) is 30.0 Å². The molecular formula is C11H10FNO4. The Kier molecular flexibility index (Phi) is 4.33. The van der Waals surface area contributed by atoms with Crippen LogP contribution in [0.4, 0.5) is 4.39 Å². The Hall–Kier alpha value is -2.24. The van der Waals surface area contributed by atoms with Crippen molar-refractivity contribution in [2.45, 2.75) is 6.92 Å². The highest BCUT2D eigenvalue weighted by molar-refractivity contribution is 5.90. The van der Waals surface area contributed by atoms with Gasteiger partial charge in [-0.15, -0.1) is 0 Å². The van der Waals surface area contributed by atoms with Crippen molar-refractivity contribution < 1.29 is 18.8 Å². The van der Waals surface area contributed by atoms with E-state index < -0.39 is 22.4 Å². The monoisotopic (exact) mass is 239 g/mol. The largest absolute Gasteiger partial charge is 0.458 e. The summed E-state index contributed by atoms with van der Waals surface area (Å²) >= 11 is 0. The number of esters is 1. The third-order valence-corrected chi connectivity index (χ3v) is 1.85. The standard InChI is InChI=1S/C11H10FNO4/c1-2-17-11(14)10(13(15)16)7-8-3-5-9(12)6-4-8/h3-7H,2H2,1H3/b10-7-. The smallest absolute Gasteiger partial charge is 0.409 e. The van der Waals surface area contributed by atoms with Crippen molar-refractivity contribution in [1.82, 2.24) is 0 Å². The van der Waals surface area contributed by atoms with Gasteiger partial charge in [0.1, 0.15) is 5.82 Å². The van der Waals surface area contributed by atoms with E-state index in [1.165, 1.54) is 12.1 Å². The number of nitro groups is 1. The van der Waals surface area contributed by atoms with Crippen LogP contribution >= 0.6 is 0 Å². The lowest BCUT2D eigenvalue weighted by Crippen LogP contribution is -2.14. The Bertz CT molecular complexity index is 453. The topological polar surface area (TPSA) is 69.4 Å². The molecule has 90 valence electrons. The summed E-state index contributed by atoms with van der Waals surface area (Å²) in [5.41, 5.74) is -0.329. The highest BCUT2D eigenvalue weighted by Gasteiger charge is 2.23. The zero-order valence-corrected chi connectivity index (χ0v) is 9.05. The van der Waals surface area contributed by atoms with Gasteiger partial charge in [-0.2, -0.15) is 0 Å². The van der Waals surface area contributed by atoms with Gasteiger partial charge in [-0.25, -0.2) is 9.18 Å². The molecule has 5 nitrogen and oxygen atoms in total. The highest BCUT2D eigenvalue weighted by atomic mass is 19.1. The fraction of sp³-hybridized carbons (Fsp3) is 0.182. The van der Waals surface area contributed by atoms with Gasteiger partial charge in [-0.05, 0) is 24.6 Å². The van der Waals surface area contributed by atoms with Crippen molar-refractivity contribution in [2.24, 2.45) is 0 Å². The van der Waals surface area contributed by atoms with E-state index in [-0.39, 0.29) is 6.61 Å². The third-order valence-electron chi connectivity index (χ3n) is 1.85. The Labute approximate surface area is 96.7 Å². The Balaban J connectivity index is 3.02. The number of nitrogens with zero attached hydrogens (tertiary/aromatic N) is 1. The van der Waals surface area contributed by atoms with E-state index in [9.17, 15) is 19.3 Å². The Morgan fingerprint density at radius 3 is 2.53 bits per heavy atom. The van der Waals surface area contributed by atoms with E-state index >= 15 is 0 Å². The number of hydrogen-bond donors (Lipinski definition) is 0. The molecule has 0 aliphatic rings. The molecule has 0 amide bonds. The molecule has 0 radical (unpaired) electrons. The average molecular weight is 239 g/mol. The predicted molar refractivity (Wildman–Crippen MR) is 58.0 cm³/mol. The van der Waals surface area contributed by atoms with Crippen LogP contribution < -0.4 is 0 Å². The second kappa shape index (κ2) is 5.74. The number of hydrogen-bond acceptors (Lipinski definition) is 4. The Morgan fingerprint density at radius 1 is 1.47 bits per heavy atom. The molecule has 0 fully saturated rings. The first-order chi connectivity index (χ1) is 8.04. The minimum Gasteiger partial charge on any atom is -0.458 e. The van der Waals surface area contributed by atoms with Crippen molar-refractivity contribution in [2.75, 3.05) is 6.61 Å². The van der Waals surface area contributed by atoms with Gasteiger partial charge in [0.05, 0.1) is 11.5 Å². The Morgan fingerprint density at radius 2 is 2.06 bits per heavy atom. The van der Waals surface area contributed by atoms with Crippen LogP contribution in [0, 0.1) is 15.9 Å². The predicted octanol–water partition coefficient (Wildman–Crippen LogP) is 2.01. The second-order valence-electron chi connectivity index (χ2n) is 3.06. The number of carbonyl (C=O) groups excluding carboxylic acids is 1. The molecule has 17 heavy (non-hydrogen) atoms. The van der Waals surface area contributed by atoms with Crippen molar-refractivity contribution in [3.8, 4) is 0 Å². The summed E-state index contributed by atoms with van der Waals surface area (Å²) in [5.74, 6) is -1.47. The maximum Gasteiger partial charge on any atom is 0.409 e. The summed E-state index contributed by atoms with van der Waals surface area (Å²) in [4.78, 5) is 21.1. The van der Waals surface area contributed by atoms with E-state index in [4.69, 9.17) is 0 Å². The van der Waals surface area contributed by atoms with Crippen LogP contribution in [0.5, 0.6) is 0 Å². The summed E-state index contributed by atoms with van der Waals surface area (Å²) in [6.07, 6.45) is 1.04. The molecule has 1 aromatic rings. The van der Waals surface area contributed by atoms with Crippen LogP contribution in [0.2, 0.25) is 0 Å². The van der Waals surface area contributed by atoms with E-state index in [1.54, 1.807) is 6.92 Å². The average Bonchev–Trinajstić information content (AvgIpc) is 2.28. The van der Waals surface area contributed by atoms with Crippen molar-refractivity contribution >= 4 is 12.0 Å². The summed E-state index contributed by atoms with van der Waals surface area (Å²) in [6, 6.07) is 4.96. The summed E-state index contributed by atoms with van der Waals surface area (Å²) < 4.78 is 17.2. The van der Waals surface area contributed by atoms with E-state index in [0.29, 0.717) is 5.56 Å². The van der Waals surface area contributed by atoms with Crippen molar-refractivity contribution in [3.05, 3.63) is 51.5 Å². The lowest BCUT2D eigenvalue weighted by Gasteiger charge is -1.99. The first-order valence-corrected chi connectivity index (χ1v) is 4.83. The van der Waals surface area contributed by atoms with Crippen LogP contribution in [-0.4, -0.2) is 17.5 Å². The number of ether oxygens (including phenoxy) is 1. The van der Waals surface area contributed by atoms with Gasteiger partial charge >= 0.3 is 11.7 Å². The minimum absolute atomic E-state index is 0.0490. The summed E-state index contributed by atoms with van der Waals surface area (Å²) in [7, 11) is 0. The van der Waals surface area contributed by atoms with Gasteiger partial charge in [0, 0.05) is 6.08 Å². The van der Waals surface area contributed by atoms with E-state index in [2.05, 4.69) is 4.74 Å². The minimum atomic E-state index is -1.01. The molecule has 0 saturated carbocycles. The van der Waals surface area contributed by atoms with Gasteiger partial charge in [0.25, 0.3) is 0 Å². The molecule has 0 aliphatic carbocycles. The molecular weight excluding hydrogens is 229 g/mol. The van der Waals surface area contributed by atoms with Gasteiger partial charge in [-0.1, -0.05) is 12.1 Å². The maximum atomic E-state index is 12.6. The van der Waals surface area contributed by atoms with Gasteiger partial charge in [0.2, 0.25) is 0 Å². The SMILES string of the molecule is CCOC(=O)/C(=C/c1ccc(F)cc1)[N+](=O)[O-]. The zero-order valence-electron chi connectivity index (χ0n) is 9.05. The molecule has 0 unspecified atom stereocenters. The van der Waals surface area contributed by atoms with Gasteiger partial charge in [0.15, 0.2) is 0 Å². The van der Waals surface area contributed by atoms with Crippen molar-refractivity contribution in [1.29, 1.82) is 0 Å². The second-order valence-corrected chi connectivity index (χ2v) is 3.06. The quantitative estimate of drug-likeness (QED) is 0.349. The van der Waals surface area contributed by atoms with Crippen LogP contribution in [0.1, 0.15) is 12.5 Å². The molecule has 0 heterocycles.